The normalized spacial score (nSPS) is 10.3. The summed E-state index contributed by atoms with van der Waals surface area (Å²) in [6.45, 7) is 5.38. The van der Waals surface area contributed by atoms with Crippen molar-refractivity contribution in [3.63, 3.8) is 0 Å². The van der Waals surface area contributed by atoms with Crippen molar-refractivity contribution in [3.8, 4) is 5.75 Å². The summed E-state index contributed by atoms with van der Waals surface area (Å²) in [6, 6.07) is 15.5. The Morgan fingerprint density at radius 1 is 1.14 bits per heavy atom. The predicted octanol–water partition coefficient (Wildman–Crippen LogP) is 4.10. The Kier molecular flexibility index (Phi) is 6.01. The van der Waals surface area contributed by atoms with Crippen LogP contribution in [0.3, 0.4) is 0 Å². The maximum Gasteiger partial charge on any atom is 0.251 e. The number of amides is 1. The smallest absolute Gasteiger partial charge is 0.251 e. The van der Waals surface area contributed by atoms with Crippen LogP contribution in [0.5, 0.6) is 5.75 Å². The molecule has 3 heteroatoms. The van der Waals surface area contributed by atoms with Gasteiger partial charge in [-0.3, -0.25) is 4.79 Å². The van der Waals surface area contributed by atoms with Gasteiger partial charge in [0.15, 0.2) is 0 Å². The number of carbonyl (C=O) groups is 1. The number of ether oxygens (including phenoxy) is 1. The first kappa shape index (κ1) is 16.1. The number of rotatable bonds is 7. The van der Waals surface area contributed by atoms with E-state index in [1.807, 2.05) is 43.3 Å². The van der Waals surface area contributed by atoms with E-state index in [0.717, 1.165) is 24.2 Å². The third-order valence-electron chi connectivity index (χ3n) is 3.44. The molecule has 0 saturated heterocycles. The monoisotopic (exact) mass is 297 g/mol. The quantitative estimate of drug-likeness (QED) is 0.781. The van der Waals surface area contributed by atoms with Crippen molar-refractivity contribution < 1.29 is 9.53 Å². The van der Waals surface area contributed by atoms with Crippen molar-refractivity contribution >= 4 is 5.91 Å². The van der Waals surface area contributed by atoms with Gasteiger partial charge in [0.05, 0.1) is 6.61 Å². The second-order valence-corrected chi connectivity index (χ2v) is 5.40. The van der Waals surface area contributed by atoms with Gasteiger partial charge in [0.1, 0.15) is 5.75 Å². The fraction of sp³-hybridized carbons (Fsp3) is 0.316. The number of nitrogens with one attached hydrogen (secondary N) is 1. The Balaban J connectivity index is 1.91. The van der Waals surface area contributed by atoms with Crippen LogP contribution >= 0.6 is 0 Å². The Hall–Kier alpha value is -2.29. The van der Waals surface area contributed by atoms with Crippen LogP contribution in [0.25, 0.3) is 0 Å². The minimum Gasteiger partial charge on any atom is -0.494 e. The molecule has 2 aromatic rings. The topological polar surface area (TPSA) is 38.3 Å². The fourth-order valence-corrected chi connectivity index (χ4v) is 2.05. The van der Waals surface area contributed by atoms with Crippen LogP contribution in [0.15, 0.2) is 48.5 Å². The van der Waals surface area contributed by atoms with Crippen molar-refractivity contribution in [1.82, 2.24) is 5.32 Å². The van der Waals surface area contributed by atoms with E-state index in [4.69, 9.17) is 4.74 Å². The predicted molar refractivity (Wildman–Crippen MR) is 89.2 cm³/mol. The molecule has 0 atom stereocenters. The molecule has 0 aliphatic carbocycles. The number of carbonyl (C=O) groups excluding carboxylic acids is 1. The van der Waals surface area contributed by atoms with E-state index in [9.17, 15) is 4.79 Å². The molecule has 116 valence electrons. The lowest BCUT2D eigenvalue weighted by molar-refractivity contribution is 0.0950. The molecule has 0 bridgehead atoms. The Bertz CT molecular complexity index is 605. The summed E-state index contributed by atoms with van der Waals surface area (Å²) in [4.78, 5) is 12.2. The molecular formula is C19H23NO2. The second-order valence-electron chi connectivity index (χ2n) is 5.40. The van der Waals surface area contributed by atoms with Crippen LogP contribution < -0.4 is 10.1 Å². The van der Waals surface area contributed by atoms with Crippen LogP contribution in [0, 0.1) is 6.92 Å². The summed E-state index contributed by atoms with van der Waals surface area (Å²) in [5.41, 5.74) is 2.93. The number of unbranched alkanes of at least 4 members (excludes halogenated alkanes) is 1. The summed E-state index contributed by atoms with van der Waals surface area (Å²) in [6.07, 6.45) is 2.11. The van der Waals surface area contributed by atoms with Gasteiger partial charge in [-0.2, -0.15) is 0 Å². The van der Waals surface area contributed by atoms with Crippen LogP contribution in [0.4, 0.5) is 0 Å². The highest BCUT2D eigenvalue weighted by Gasteiger charge is 2.06. The molecule has 0 heterocycles. The van der Waals surface area contributed by atoms with E-state index in [2.05, 4.69) is 12.2 Å². The van der Waals surface area contributed by atoms with Gasteiger partial charge < -0.3 is 10.1 Å². The van der Waals surface area contributed by atoms with Gasteiger partial charge in [0.2, 0.25) is 0 Å². The zero-order valence-corrected chi connectivity index (χ0v) is 13.3. The minimum atomic E-state index is -0.0819. The molecule has 0 saturated carbocycles. The molecule has 22 heavy (non-hydrogen) atoms. The van der Waals surface area contributed by atoms with Crippen LogP contribution in [-0.4, -0.2) is 12.5 Å². The van der Waals surface area contributed by atoms with Gasteiger partial charge in [0, 0.05) is 12.1 Å². The zero-order chi connectivity index (χ0) is 15.8. The Morgan fingerprint density at radius 2 is 1.91 bits per heavy atom. The van der Waals surface area contributed by atoms with Crippen molar-refractivity contribution in [2.75, 3.05) is 6.61 Å². The highest BCUT2D eigenvalue weighted by atomic mass is 16.5. The molecule has 0 unspecified atom stereocenters. The lowest BCUT2D eigenvalue weighted by Gasteiger charge is -2.09. The van der Waals surface area contributed by atoms with Gasteiger partial charge in [0.25, 0.3) is 5.91 Å². The highest BCUT2D eigenvalue weighted by Crippen LogP contribution is 2.14. The second kappa shape index (κ2) is 8.23. The maximum atomic E-state index is 12.2. The van der Waals surface area contributed by atoms with Gasteiger partial charge in [-0.05, 0) is 37.1 Å². The Labute approximate surface area is 132 Å². The van der Waals surface area contributed by atoms with E-state index >= 15 is 0 Å². The third kappa shape index (κ3) is 4.92. The molecule has 0 aliphatic heterocycles. The molecule has 3 nitrogen and oxygen atoms in total. The summed E-state index contributed by atoms with van der Waals surface area (Å²) < 4.78 is 5.63. The maximum absolute atomic E-state index is 12.2. The molecule has 1 amide bonds. The minimum absolute atomic E-state index is 0.0819. The largest absolute Gasteiger partial charge is 0.494 e. The van der Waals surface area contributed by atoms with E-state index in [1.165, 1.54) is 5.56 Å². The standard InChI is InChI=1S/C19H23NO2/c1-3-4-12-22-18-7-5-6-17(13-18)19(21)20-14-16-10-8-15(2)9-11-16/h5-11,13H,3-4,12,14H2,1-2H3,(H,20,21). The molecular weight excluding hydrogens is 274 g/mol. The molecule has 0 spiro atoms. The van der Waals surface area contributed by atoms with E-state index < -0.39 is 0 Å². The average Bonchev–Trinajstić information content (AvgIpc) is 2.54. The Morgan fingerprint density at radius 3 is 2.64 bits per heavy atom. The van der Waals surface area contributed by atoms with E-state index in [1.54, 1.807) is 12.1 Å². The lowest BCUT2D eigenvalue weighted by Crippen LogP contribution is -2.22. The average molecular weight is 297 g/mol. The SMILES string of the molecule is CCCCOc1cccc(C(=O)NCc2ccc(C)cc2)c1. The highest BCUT2D eigenvalue weighted by molar-refractivity contribution is 5.94. The molecule has 0 aliphatic rings. The number of hydrogen-bond acceptors (Lipinski definition) is 2. The first-order valence-corrected chi connectivity index (χ1v) is 7.75. The number of aryl methyl sites for hydroxylation is 1. The first-order valence-electron chi connectivity index (χ1n) is 7.75. The molecule has 0 aromatic heterocycles. The molecule has 0 fully saturated rings. The van der Waals surface area contributed by atoms with Gasteiger partial charge in [-0.1, -0.05) is 49.2 Å². The van der Waals surface area contributed by atoms with Crippen molar-refractivity contribution in [3.05, 3.63) is 65.2 Å². The van der Waals surface area contributed by atoms with Crippen LogP contribution in [0.2, 0.25) is 0 Å². The molecule has 2 aromatic carbocycles. The first-order chi connectivity index (χ1) is 10.7. The zero-order valence-electron chi connectivity index (χ0n) is 13.3. The summed E-state index contributed by atoms with van der Waals surface area (Å²) in [7, 11) is 0. The molecule has 1 N–H and O–H groups in total. The van der Waals surface area contributed by atoms with Crippen LogP contribution in [-0.2, 0) is 6.54 Å². The van der Waals surface area contributed by atoms with Gasteiger partial charge in [-0.15, -0.1) is 0 Å². The third-order valence-corrected chi connectivity index (χ3v) is 3.44. The van der Waals surface area contributed by atoms with Crippen LogP contribution in [0.1, 0.15) is 41.3 Å². The molecule has 0 radical (unpaired) electrons. The van der Waals surface area contributed by atoms with E-state index in [-0.39, 0.29) is 5.91 Å². The van der Waals surface area contributed by atoms with Crippen molar-refractivity contribution in [2.24, 2.45) is 0 Å². The van der Waals surface area contributed by atoms with Crippen molar-refractivity contribution in [2.45, 2.75) is 33.2 Å². The van der Waals surface area contributed by atoms with Crippen molar-refractivity contribution in [1.29, 1.82) is 0 Å². The number of hydrogen-bond donors (Lipinski definition) is 1. The van der Waals surface area contributed by atoms with Gasteiger partial charge >= 0.3 is 0 Å². The summed E-state index contributed by atoms with van der Waals surface area (Å²) in [5.74, 6) is 0.665. The lowest BCUT2D eigenvalue weighted by atomic mass is 10.1. The van der Waals surface area contributed by atoms with Gasteiger partial charge in [-0.25, -0.2) is 0 Å². The summed E-state index contributed by atoms with van der Waals surface area (Å²) in [5, 5.41) is 2.93. The number of benzene rings is 2. The fourth-order valence-electron chi connectivity index (χ4n) is 2.05. The van der Waals surface area contributed by atoms with E-state index in [0.29, 0.717) is 18.7 Å². The summed E-state index contributed by atoms with van der Waals surface area (Å²) >= 11 is 0. The molecule has 2 rings (SSSR count).